The molecular formula is C12H21N3O2. The number of aryl methyl sites for hydroxylation is 1. The molecule has 0 aliphatic heterocycles. The molecule has 0 bridgehead atoms. The third-order valence-electron chi connectivity index (χ3n) is 2.72. The highest BCUT2D eigenvalue weighted by Crippen LogP contribution is 2.03. The fraction of sp³-hybridized carbons (Fsp3) is 0.667. The minimum atomic E-state index is -0.436. The number of H-pyrrole nitrogens is 2. The first kappa shape index (κ1) is 13.7. The summed E-state index contributed by atoms with van der Waals surface area (Å²) < 4.78 is 0. The Morgan fingerprint density at radius 2 is 1.65 bits per heavy atom. The van der Waals surface area contributed by atoms with Crippen LogP contribution in [0, 0.1) is 6.92 Å². The lowest BCUT2D eigenvalue weighted by atomic mass is 10.2. The SMILES string of the molecule is CCCN(CCC)Cc1c(C)[nH]c(=O)[nH]c1=O. The van der Waals surface area contributed by atoms with E-state index in [2.05, 4.69) is 28.7 Å². The molecular weight excluding hydrogens is 218 g/mol. The summed E-state index contributed by atoms with van der Waals surface area (Å²) in [5, 5.41) is 0. The van der Waals surface area contributed by atoms with Gasteiger partial charge in [-0.05, 0) is 32.9 Å². The van der Waals surface area contributed by atoms with Crippen LogP contribution in [-0.4, -0.2) is 28.0 Å². The normalized spacial score (nSPS) is 11.1. The van der Waals surface area contributed by atoms with Crippen LogP contribution in [0.25, 0.3) is 0 Å². The highest BCUT2D eigenvalue weighted by atomic mass is 16.2. The molecule has 17 heavy (non-hydrogen) atoms. The van der Waals surface area contributed by atoms with Crippen molar-refractivity contribution in [1.29, 1.82) is 0 Å². The second-order valence-electron chi connectivity index (χ2n) is 4.29. The second-order valence-corrected chi connectivity index (χ2v) is 4.29. The number of nitrogens with one attached hydrogen (secondary N) is 2. The molecule has 5 heteroatoms. The van der Waals surface area contributed by atoms with Gasteiger partial charge in [0.25, 0.3) is 5.56 Å². The molecule has 0 saturated carbocycles. The molecule has 1 heterocycles. The lowest BCUT2D eigenvalue weighted by Gasteiger charge is -2.21. The monoisotopic (exact) mass is 239 g/mol. The minimum absolute atomic E-state index is 0.275. The zero-order valence-electron chi connectivity index (χ0n) is 10.8. The van der Waals surface area contributed by atoms with Gasteiger partial charge < -0.3 is 4.98 Å². The van der Waals surface area contributed by atoms with Gasteiger partial charge in [-0.1, -0.05) is 13.8 Å². The first-order valence-corrected chi connectivity index (χ1v) is 6.12. The Bertz CT molecular complexity index is 456. The van der Waals surface area contributed by atoms with Crippen LogP contribution in [0.15, 0.2) is 9.59 Å². The maximum Gasteiger partial charge on any atom is 0.325 e. The molecule has 0 saturated heterocycles. The molecule has 5 nitrogen and oxygen atoms in total. The molecule has 96 valence electrons. The van der Waals surface area contributed by atoms with Crippen LogP contribution in [0.1, 0.15) is 37.9 Å². The molecule has 0 radical (unpaired) electrons. The summed E-state index contributed by atoms with van der Waals surface area (Å²) >= 11 is 0. The predicted molar refractivity (Wildman–Crippen MR) is 68.3 cm³/mol. The third kappa shape index (κ3) is 3.85. The average Bonchev–Trinajstić information content (AvgIpc) is 2.23. The Labute approximate surface area is 101 Å². The van der Waals surface area contributed by atoms with Gasteiger partial charge in [0, 0.05) is 12.2 Å². The van der Waals surface area contributed by atoms with Crippen molar-refractivity contribution in [2.24, 2.45) is 0 Å². The molecule has 0 aliphatic rings. The van der Waals surface area contributed by atoms with E-state index in [9.17, 15) is 9.59 Å². The van der Waals surface area contributed by atoms with Crippen molar-refractivity contribution in [2.75, 3.05) is 13.1 Å². The molecule has 0 unspecified atom stereocenters. The first-order valence-electron chi connectivity index (χ1n) is 6.12. The topological polar surface area (TPSA) is 69.0 Å². The van der Waals surface area contributed by atoms with E-state index in [1.165, 1.54) is 0 Å². The number of nitrogens with zero attached hydrogens (tertiary/aromatic N) is 1. The summed E-state index contributed by atoms with van der Waals surface area (Å²) in [6, 6.07) is 0. The van der Waals surface area contributed by atoms with Gasteiger partial charge in [0.05, 0.1) is 5.56 Å². The van der Waals surface area contributed by atoms with Crippen LogP contribution in [-0.2, 0) is 6.54 Å². The molecule has 2 N–H and O–H groups in total. The molecule has 0 spiro atoms. The smallest absolute Gasteiger partial charge is 0.311 e. The Balaban J connectivity index is 2.92. The van der Waals surface area contributed by atoms with Crippen molar-refractivity contribution in [3.63, 3.8) is 0 Å². The van der Waals surface area contributed by atoms with Gasteiger partial charge in [-0.25, -0.2) is 4.79 Å². The van der Waals surface area contributed by atoms with Crippen LogP contribution >= 0.6 is 0 Å². The maximum absolute atomic E-state index is 11.7. The van der Waals surface area contributed by atoms with Gasteiger partial charge in [0.15, 0.2) is 0 Å². The summed E-state index contributed by atoms with van der Waals surface area (Å²) in [7, 11) is 0. The fourth-order valence-electron chi connectivity index (χ4n) is 1.94. The number of aromatic nitrogens is 2. The number of rotatable bonds is 6. The zero-order chi connectivity index (χ0) is 12.8. The predicted octanol–water partition coefficient (Wildman–Crippen LogP) is 0.994. The molecule has 1 aromatic rings. The molecule has 0 aliphatic carbocycles. The largest absolute Gasteiger partial charge is 0.325 e. The van der Waals surface area contributed by atoms with Gasteiger partial charge in [0.2, 0.25) is 0 Å². The molecule has 0 atom stereocenters. The van der Waals surface area contributed by atoms with E-state index in [4.69, 9.17) is 0 Å². The molecule has 0 amide bonds. The maximum atomic E-state index is 11.7. The summed E-state index contributed by atoms with van der Waals surface area (Å²) in [5.41, 5.74) is 0.611. The van der Waals surface area contributed by atoms with Crippen LogP contribution in [0.5, 0.6) is 0 Å². The Morgan fingerprint density at radius 3 is 2.12 bits per heavy atom. The van der Waals surface area contributed by atoms with E-state index in [0.29, 0.717) is 17.8 Å². The first-order chi connectivity index (χ1) is 8.08. The summed E-state index contributed by atoms with van der Waals surface area (Å²) in [5.74, 6) is 0. The van der Waals surface area contributed by atoms with E-state index < -0.39 is 5.69 Å². The second kappa shape index (κ2) is 6.39. The molecule has 1 rings (SSSR count). The van der Waals surface area contributed by atoms with Crippen molar-refractivity contribution in [2.45, 2.75) is 40.2 Å². The number of aromatic amines is 2. The Hall–Kier alpha value is -1.36. The van der Waals surface area contributed by atoms with Crippen LogP contribution in [0.2, 0.25) is 0 Å². The van der Waals surface area contributed by atoms with E-state index in [0.717, 1.165) is 25.9 Å². The van der Waals surface area contributed by atoms with Crippen molar-refractivity contribution in [1.82, 2.24) is 14.9 Å². The van der Waals surface area contributed by atoms with Gasteiger partial charge >= 0.3 is 5.69 Å². The lowest BCUT2D eigenvalue weighted by molar-refractivity contribution is 0.264. The zero-order valence-corrected chi connectivity index (χ0v) is 10.8. The third-order valence-corrected chi connectivity index (χ3v) is 2.72. The van der Waals surface area contributed by atoms with Gasteiger partial charge in [-0.2, -0.15) is 0 Å². The van der Waals surface area contributed by atoms with E-state index in [-0.39, 0.29) is 5.56 Å². The lowest BCUT2D eigenvalue weighted by Crippen LogP contribution is -2.33. The molecule has 0 fully saturated rings. The average molecular weight is 239 g/mol. The van der Waals surface area contributed by atoms with Crippen LogP contribution in [0.4, 0.5) is 0 Å². The quantitative estimate of drug-likeness (QED) is 0.778. The number of hydrogen-bond acceptors (Lipinski definition) is 3. The van der Waals surface area contributed by atoms with Crippen molar-refractivity contribution in [3.05, 3.63) is 32.1 Å². The highest BCUT2D eigenvalue weighted by molar-refractivity contribution is 5.14. The van der Waals surface area contributed by atoms with E-state index in [1.807, 2.05) is 0 Å². The summed E-state index contributed by atoms with van der Waals surface area (Å²) in [6.45, 7) is 8.53. The summed E-state index contributed by atoms with van der Waals surface area (Å²) in [4.78, 5) is 29.9. The van der Waals surface area contributed by atoms with E-state index in [1.54, 1.807) is 6.92 Å². The Morgan fingerprint density at radius 1 is 1.06 bits per heavy atom. The van der Waals surface area contributed by atoms with E-state index >= 15 is 0 Å². The number of hydrogen-bond donors (Lipinski definition) is 2. The van der Waals surface area contributed by atoms with Gasteiger partial charge in [0.1, 0.15) is 0 Å². The summed E-state index contributed by atoms with van der Waals surface area (Å²) in [6.07, 6.45) is 2.11. The van der Waals surface area contributed by atoms with Crippen LogP contribution in [0.3, 0.4) is 0 Å². The molecule has 0 aromatic carbocycles. The highest BCUT2D eigenvalue weighted by Gasteiger charge is 2.10. The van der Waals surface area contributed by atoms with Gasteiger partial charge in [-0.3, -0.25) is 14.7 Å². The Kier molecular flexibility index (Phi) is 5.15. The van der Waals surface area contributed by atoms with Crippen molar-refractivity contribution >= 4 is 0 Å². The molecule has 1 aromatic heterocycles. The standard InChI is InChI=1S/C12H21N3O2/c1-4-6-15(7-5-2)8-10-9(3)13-12(17)14-11(10)16/h4-8H2,1-3H3,(H2,13,14,16,17). The van der Waals surface area contributed by atoms with Crippen LogP contribution < -0.4 is 11.2 Å². The van der Waals surface area contributed by atoms with Gasteiger partial charge in [-0.15, -0.1) is 0 Å². The fourth-order valence-corrected chi connectivity index (χ4v) is 1.94. The van der Waals surface area contributed by atoms with Crippen molar-refractivity contribution < 1.29 is 0 Å². The van der Waals surface area contributed by atoms with Crippen molar-refractivity contribution in [3.8, 4) is 0 Å². The minimum Gasteiger partial charge on any atom is -0.311 e.